The van der Waals surface area contributed by atoms with Gasteiger partial charge in [-0.05, 0) is 53.2 Å². The Labute approximate surface area is 166 Å². The fraction of sp³-hybridized carbons (Fsp3) is 0. The molecule has 130 valence electrons. The van der Waals surface area contributed by atoms with Crippen LogP contribution in [0.1, 0.15) is 15.9 Å². The van der Waals surface area contributed by atoms with Gasteiger partial charge in [0, 0.05) is 26.1 Å². The van der Waals surface area contributed by atoms with E-state index in [1.54, 1.807) is 42.5 Å². The number of carbonyl (C=O) groups excluding carboxylic acids is 1. The largest absolute Gasteiger partial charge is 0.796 e. The molecule has 0 fully saturated rings. The molecule has 3 aromatic rings. The third-order valence-corrected chi connectivity index (χ3v) is 4.72. The van der Waals surface area contributed by atoms with Crippen LogP contribution in [0.15, 0.2) is 75.7 Å². The van der Waals surface area contributed by atoms with Gasteiger partial charge >= 0.3 is 7.47 Å². The molecule has 2 nitrogen and oxygen atoms in total. The van der Waals surface area contributed by atoms with Crippen LogP contribution in [0.25, 0.3) is 16.5 Å². The summed E-state index contributed by atoms with van der Waals surface area (Å²) in [6.45, 7) is 0. The van der Waals surface area contributed by atoms with E-state index in [1.807, 2.05) is 18.2 Å². The molecule has 0 aliphatic heterocycles. The second-order valence-electron chi connectivity index (χ2n) is 5.46. The summed E-state index contributed by atoms with van der Waals surface area (Å²) in [6, 6.07) is 17.4. The highest BCUT2D eigenvalue weighted by atomic mass is 79.9. The number of carbonyl (C=O) groups is 1. The number of ketones is 1. The summed E-state index contributed by atoms with van der Waals surface area (Å²) in [5.74, 6) is -0.582. The van der Waals surface area contributed by atoms with Crippen LogP contribution >= 0.6 is 31.9 Å². The molecule has 0 amide bonds. The maximum absolute atomic E-state index is 12.9. The third kappa shape index (κ3) is 4.59. The van der Waals surface area contributed by atoms with Crippen molar-refractivity contribution in [3.05, 3.63) is 86.8 Å². The molecule has 0 saturated heterocycles. The molecule has 0 spiro atoms. The van der Waals surface area contributed by atoms with Crippen molar-refractivity contribution < 1.29 is 18.1 Å². The topological polar surface area (TPSA) is 26.3 Å². The van der Waals surface area contributed by atoms with Crippen molar-refractivity contribution in [2.75, 3.05) is 0 Å². The lowest BCUT2D eigenvalue weighted by atomic mass is 10.0. The Morgan fingerprint density at radius 1 is 0.846 bits per heavy atom. The maximum Gasteiger partial charge on any atom is 0.796 e. The lowest BCUT2D eigenvalue weighted by molar-refractivity contribution is 0.104. The molecule has 0 heterocycles. The van der Waals surface area contributed by atoms with Gasteiger partial charge in [0.25, 0.3) is 0 Å². The van der Waals surface area contributed by atoms with E-state index in [-0.39, 0.29) is 5.76 Å². The van der Waals surface area contributed by atoms with Crippen molar-refractivity contribution in [3.63, 3.8) is 0 Å². The number of hydrogen-bond acceptors (Lipinski definition) is 2. The van der Waals surface area contributed by atoms with Crippen LogP contribution in [-0.2, 0) is 4.65 Å². The minimum Gasteiger partial charge on any atom is -0.505 e. The first-order valence-electron chi connectivity index (χ1n) is 7.58. The molecule has 0 bridgehead atoms. The van der Waals surface area contributed by atoms with Gasteiger partial charge in [-0.2, -0.15) is 0 Å². The fourth-order valence-corrected chi connectivity index (χ4v) is 3.11. The highest BCUT2D eigenvalue weighted by molar-refractivity contribution is 9.10. The van der Waals surface area contributed by atoms with E-state index in [1.165, 1.54) is 0 Å². The van der Waals surface area contributed by atoms with E-state index < -0.39 is 13.3 Å². The molecule has 0 radical (unpaired) electrons. The predicted octanol–water partition coefficient (Wildman–Crippen LogP) is 6.53. The van der Waals surface area contributed by atoms with Gasteiger partial charge in [0.1, 0.15) is 5.76 Å². The minimum absolute atomic E-state index is 0.169. The molecule has 0 N–H and O–H groups in total. The van der Waals surface area contributed by atoms with Gasteiger partial charge in [0.15, 0.2) is 5.78 Å². The average Bonchev–Trinajstić information content (AvgIpc) is 2.60. The average molecular weight is 480 g/mol. The Hall–Kier alpha value is -1.99. The summed E-state index contributed by atoms with van der Waals surface area (Å²) in [4.78, 5) is 12.4. The standard InChI is InChI=1S/C19H11BBr2F2O2/c21-16-6-3-12(4-7-16)18(25)11-19(26-20(23)24)15-2-1-14-10-17(22)8-5-13(14)9-15/h1-11H/b19-11-. The summed E-state index contributed by atoms with van der Waals surface area (Å²) < 4.78 is 32.1. The quantitative estimate of drug-likeness (QED) is 0.180. The zero-order chi connectivity index (χ0) is 18.7. The number of rotatable bonds is 5. The van der Waals surface area contributed by atoms with Crippen LogP contribution in [0.3, 0.4) is 0 Å². The molecular weight excluding hydrogens is 469 g/mol. The van der Waals surface area contributed by atoms with E-state index >= 15 is 0 Å². The van der Waals surface area contributed by atoms with Crippen LogP contribution in [0.4, 0.5) is 8.63 Å². The van der Waals surface area contributed by atoms with E-state index in [0.717, 1.165) is 25.8 Å². The van der Waals surface area contributed by atoms with Crippen LogP contribution in [0, 0.1) is 0 Å². The van der Waals surface area contributed by atoms with Crippen molar-refractivity contribution >= 4 is 61.6 Å². The molecule has 26 heavy (non-hydrogen) atoms. The Morgan fingerprint density at radius 2 is 1.42 bits per heavy atom. The fourth-order valence-electron chi connectivity index (χ4n) is 2.47. The molecule has 3 rings (SSSR count). The van der Waals surface area contributed by atoms with Crippen LogP contribution in [0.5, 0.6) is 0 Å². The first-order chi connectivity index (χ1) is 12.4. The van der Waals surface area contributed by atoms with Crippen molar-refractivity contribution in [2.24, 2.45) is 0 Å². The van der Waals surface area contributed by atoms with Gasteiger partial charge in [-0.15, -0.1) is 0 Å². The highest BCUT2D eigenvalue weighted by Crippen LogP contribution is 2.26. The van der Waals surface area contributed by atoms with Crippen molar-refractivity contribution in [2.45, 2.75) is 0 Å². The van der Waals surface area contributed by atoms with Crippen LogP contribution < -0.4 is 0 Å². The molecule has 0 aliphatic rings. The SMILES string of the molecule is O=C(/C=C(\OB(F)F)c1ccc2cc(Br)ccc2c1)c1ccc(Br)cc1. The van der Waals surface area contributed by atoms with Gasteiger partial charge in [0.2, 0.25) is 0 Å². The third-order valence-electron chi connectivity index (χ3n) is 3.69. The Balaban J connectivity index is 2.00. The Bertz CT molecular complexity index is 989. The summed E-state index contributed by atoms with van der Waals surface area (Å²) in [5.41, 5.74) is 0.791. The molecule has 0 unspecified atom stereocenters. The first kappa shape index (κ1) is 18.8. The molecular formula is C19H11BBr2F2O2. The second kappa shape index (κ2) is 8.14. The highest BCUT2D eigenvalue weighted by Gasteiger charge is 2.21. The lowest BCUT2D eigenvalue weighted by Gasteiger charge is -2.10. The summed E-state index contributed by atoms with van der Waals surface area (Å²) in [7, 11) is -3.03. The molecule has 3 aromatic carbocycles. The zero-order valence-electron chi connectivity index (χ0n) is 13.3. The monoisotopic (exact) mass is 478 g/mol. The summed E-state index contributed by atoms with van der Waals surface area (Å²) in [5, 5.41) is 1.80. The van der Waals surface area contributed by atoms with Crippen molar-refractivity contribution in [1.29, 1.82) is 0 Å². The Kier molecular flexibility index (Phi) is 5.89. The Morgan fingerprint density at radius 3 is 2.12 bits per heavy atom. The van der Waals surface area contributed by atoms with Gasteiger partial charge in [0.05, 0.1) is 0 Å². The smallest absolute Gasteiger partial charge is 0.505 e. The van der Waals surface area contributed by atoms with Crippen molar-refractivity contribution in [1.82, 2.24) is 0 Å². The maximum atomic E-state index is 12.9. The first-order valence-corrected chi connectivity index (χ1v) is 9.17. The molecule has 0 aliphatic carbocycles. The van der Waals surface area contributed by atoms with Gasteiger partial charge in [-0.25, -0.2) is 8.63 Å². The summed E-state index contributed by atoms with van der Waals surface area (Å²) >= 11 is 6.68. The molecule has 0 aromatic heterocycles. The molecule has 7 heteroatoms. The molecule has 0 saturated carbocycles. The van der Waals surface area contributed by atoms with Gasteiger partial charge < -0.3 is 4.65 Å². The van der Waals surface area contributed by atoms with E-state index in [2.05, 4.69) is 36.5 Å². The normalized spacial score (nSPS) is 11.5. The zero-order valence-corrected chi connectivity index (χ0v) is 16.4. The van der Waals surface area contributed by atoms with E-state index in [4.69, 9.17) is 0 Å². The predicted molar refractivity (Wildman–Crippen MR) is 107 cm³/mol. The van der Waals surface area contributed by atoms with Crippen LogP contribution in [0.2, 0.25) is 0 Å². The molecule has 0 atom stereocenters. The van der Waals surface area contributed by atoms with Crippen molar-refractivity contribution in [3.8, 4) is 0 Å². The van der Waals surface area contributed by atoms with Gasteiger partial charge in [-0.1, -0.05) is 50.1 Å². The number of halogens is 4. The summed E-state index contributed by atoms with van der Waals surface area (Å²) in [6.07, 6.45) is 1.09. The number of fused-ring (bicyclic) bond motifs is 1. The number of hydrogen-bond donors (Lipinski definition) is 0. The second-order valence-corrected chi connectivity index (χ2v) is 7.30. The number of allylic oxidation sites excluding steroid dienone is 1. The van der Waals surface area contributed by atoms with E-state index in [0.29, 0.717) is 11.1 Å². The number of benzene rings is 3. The van der Waals surface area contributed by atoms with E-state index in [9.17, 15) is 13.4 Å². The van der Waals surface area contributed by atoms with Crippen LogP contribution in [-0.4, -0.2) is 13.3 Å². The lowest BCUT2D eigenvalue weighted by Crippen LogP contribution is -2.06. The van der Waals surface area contributed by atoms with Gasteiger partial charge in [-0.3, -0.25) is 4.79 Å². The minimum atomic E-state index is -3.03.